The van der Waals surface area contributed by atoms with Crippen molar-refractivity contribution in [2.45, 2.75) is 26.1 Å². The van der Waals surface area contributed by atoms with Crippen LogP contribution < -0.4 is 0 Å². The molecule has 3 aromatic rings. The Morgan fingerprint density at radius 1 is 0.958 bits per heavy atom. The van der Waals surface area contributed by atoms with Crippen molar-refractivity contribution in [2.75, 3.05) is 0 Å². The first kappa shape index (κ1) is 16.3. The molecule has 0 aliphatic rings. The van der Waals surface area contributed by atoms with Crippen LogP contribution in [0, 0.1) is 0 Å². The summed E-state index contributed by atoms with van der Waals surface area (Å²) in [6.45, 7) is 3.93. The maximum absolute atomic E-state index is 13.2. The van der Waals surface area contributed by atoms with Crippen LogP contribution in [-0.4, -0.2) is 10.4 Å². The third-order valence-corrected chi connectivity index (χ3v) is 4.02. The second-order valence-corrected chi connectivity index (χ2v) is 5.93. The molecule has 2 nitrogen and oxygen atoms in total. The molecule has 0 aliphatic heterocycles. The predicted molar refractivity (Wildman–Crippen MR) is 87.2 cm³/mol. The van der Waals surface area contributed by atoms with Gasteiger partial charge in [-0.05, 0) is 26.0 Å². The van der Waals surface area contributed by atoms with Crippen LogP contribution in [0.1, 0.15) is 41.4 Å². The summed E-state index contributed by atoms with van der Waals surface area (Å²) >= 11 is 0. The number of para-hydroxylation sites is 1. The number of rotatable bonds is 3. The molecule has 3 rings (SSSR count). The molecule has 0 radical (unpaired) electrons. The van der Waals surface area contributed by atoms with E-state index in [1.807, 2.05) is 30.5 Å². The molecule has 0 aliphatic carbocycles. The Morgan fingerprint density at radius 3 is 2.25 bits per heavy atom. The molecule has 0 unspecified atom stereocenters. The molecule has 0 saturated heterocycles. The Bertz CT molecular complexity index is 906. The molecule has 0 N–H and O–H groups in total. The lowest BCUT2D eigenvalue weighted by Crippen LogP contribution is -2.13. The molecule has 1 heterocycles. The minimum Gasteiger partial charge on any atom is -0.344 e. The first-order valence-corrected chi connectivity index (χ1v) is 7.61. The van der Waals surface area contributed by atoms with E-state index < -0.39 is 17.5 Å². The van der Waals surface area contributed by atoms with Gasteiger partial charge in [-0.3, -0.25) is 4.79 Å². The highest BCUT2D eigenvalue weighted by Crippen LogP contribution is 2.34. The lowest BCUT2D eigenvalue weighted by Gasteiger charge is -2.11. The highest BCUT2D eigenvalue weighted by Gasteiger charge is 2.35. The molecule has 1 aromatic heterocycles. The fourth-order valence-electron chi connectivity index (χ4n) is 2.89. The van der Waals surface area contributed by atoms with E-state index >= 15 is 0 Å². The monoisotopic (exact) mass is 331 g/mol. The summed E-state index contributed by atoms with van der Waals surface area (Å²) in [7, 11) is 0. The molecule has 2 aromatic carbocycles. The molecule has 124 valence electrons. The standard InChI is InChI=1S/C19H16F3NO/c1-12(2)23-11-15(13-7-4-6-10-17(13)23)18(24)14-8-3-5-9-16(14)19(20,21)22/h3-12H,1-2H3. The number of alkyl halides is 3. The minimum absolute atomic E-state index is 0.0920. The summed E-state index contributed by atoms with van der Waals surface area (Å²) in [5.41, 5.74) is -0.107. The lowest BCUT2D eigenvalue weighted by molar-refractivity contribution is -0.137. The SMILES string of the molecule is CC(C)n1cc(C(=O)c2ccccc2C(F)(F)F)c2ccccc21. The van der Waals surface area contributed by atoms with Gasteiger partial charge < -0.3 is 4.57 Å². The highest BCUT2D eigenvalue weighted by atomic mass is 19.4. The second-order valence-electron chi connectivity index (χ2n) is 5.93. The van der Waals surface area contributed by atoms with Crippen LogP contribution in [0.5, 0.6) is 0 Å². The van der Waals surface area contributed by atoms with E-state index in [2.05, 4.69) is 0 Å². The predicted octanol–water partition coefficient (Wildman–Crippen LogP) is 5.47. The number of carbonyl (C=O) groups is 1. The molecule has 0 bridgehead atoms. The van der Waals surface area contributed by atoms with Gasteiger partial charge in [0.05, 0.1) is 5.56 Å². The van der Waals surface area contributed by atoms with Crippen molar-refractivity contribution in [1.82, 2.24) is 4.57 Å². The summed E-state index contributed by atoms with van der Waals surface area (Å²) in [6.07, 6.45) is -2.92. The zero-order chi connectivity index (χ0) is 17.5. The van der Waals surface area contributed by atoms with Crippen LogP contribution >= 0.6 is 0 Å². The largest absolute Gasteiger partial charge is 0.417 e. The summed E-state index contributed by atoms with van der Waals surface area (Å²) in [5, 5.41) is 0.660. The molecule has 5 heteroatoms. The third kappa shape index (κ3) is 2.70. The number of hydrogen-bond acceptors (Lipinski definition) is 1. The molecule has 24 heavy (non-hydrogen) atoms. The molecule has 0 amide bonds. The molecule has 0 fully saturated rings. The van der Waals surface area contributed by atoms with Gasteiger partial charge in [-0.25, -0.2) is 0 Å². The van der Waals surface area contributed by atoms with Crippen LogP contribution in [0.2, 0.25) is 0 Å². The smallest absolute Gasteiger partial charge is 0.344 e. The average molecular weight is 331 g/mol. The lowest BCUT2D eigenvalue weighted by atomic mass is 9.98. The van der Waals surface area contributed by atoms with E-state index in [-0.39, 0.29) is 17.2 Å². The van der Waals surface area contributed by atoms with Gasteiger partial charge in [0.25, 0.3) is 0 Å². The molecule has 0 saturated carbocycles. The van der Waals surface area contributed by atoms with Crippen LogP contribution in [-0.2, 0) is 6.18 Å². The fraction of sp³-hybridized carbons (Fsp3) is 0.211. The van der Waals surface area contributed by atoms with Crippen molar-refractivity contribution >= 4 is 16.7 Å². The van der Waals surface area contributed by atoms with Gasteiger partial charge in [-0.15, -0.1) is 0 Å². The van der Waals surface area contributed by atoms with Crippen LogP contribution in [0.25, 0.3) is 10.9 Å². The van der Waals surface area contributed by atoms with Crippen LogP contribution in [0.15, 0.2) is 54.7 Å². The van der Waals surface area contributed by atoms with E-state index in [1.54, 1.807) is 18.3 Å². The van der Waals surface area contributed by atoms with Crippen molar-refractivity contribution in [3.05, 3.63) is 71.4 Å². The van der Waals surface area contributed by atoms with Gasteiger partial charge >= 0.3 is 6.18 Å². The van der Waals surface area contributed by atoms with Crippen LogP contribution in [0.4, 0.5) is 13.2 Å². The topological polar surface area (TPSA) is 22.0 Å². The zero-order valence-corrected chi connectivity index (χ0v) is 13.3. The minimum atomic E-state index is -4.57. The van der Waals surface area contributed by atoms with Gasteiger partial charge in [0.15, 0.2) is 5.78 Å². The Labute approximate surface area is 137 Å². The van der Waals surface area contributed by atoms with Crippen molar-refractivity contribution < 1.29 is 18.0 Å². The number of aromatic nitrogens is 1. The van der Waals surface area contributed by atoms with Gasteiger partial charge in [0.1, 0.15) is 0 Å². The number of nitrogens with zero attached hydrogens (tertiary/aromatic N) is 1. The normalized spacial score (nSPS) is 12.1. The van der Waals surface area contributed by atoms with E-state index in [4.69, 9.17) is 0 Å². The highest BCUT2D eigenvalue weighted by molar-refractivity contribution is 6.17. The summed E-state index contributed by atoms with van der Waals surface area (Å²) in [6, 6.07) is 12.2. The number of carbonyl (C=O) groups excluding carboxylic acids is 1. The Kier molecular flexibility index (Phi) is 3.95. The quantitative estimate of drug-likeness (QED) is 0.583. The average Bonchev–Trinajstić information content (AvgIpc) is 2.93. The van der Waals surface area contributed by atoms with Crippen LogP contribution in [0.3, 0.4) is 0 Å². The fourth-order valence-corrected chi connectivity index (χ4v) is 2.89. The molecular formula is C19H16F3NO. The summed E-state index contributed by atoms with van der Waals surface area (Å²) in [4.78, 5) is 12.9. The second kappa shape index (κ2) is 5.82. The van der Waals surface area contributed by atoms with Gasteiger partial charge in [-0.1, -0.05) is 36.4 Å². The molecular weight excluding hydrogens is 315 g/mol. The zero-order valence-electron chi connectivity index (χ0n) is 13.3. The van der Waals surface area contributed by atoms with Crippen molar-refractivity contribution in [3.8, 4) is 0 Å². The number of fused-ring (bicyclic) bond motifs is 1. The molecule has 0 spiro atoms. The third-order valence-electron chi connectivity index (χ3n) is 4.02. The van der Waals surface area contributed by atoms with Crippen molar-refractivity contribution in [3.63, 3.8) is 0 Å². The maximum Gasteiger partial charge on any atom is 0.417 e. The van der Waals surface area contributed by atoms with E-state index in [0.717, 1.165) is 11.6 Å². The number of ketones is 1. The number of halogens is 3. The Balaban J connectivity index is 2.21. The van der Waals surface area contributed by atoms with Gasteiger partial charge in [-0.2, -0.15) is 13.2 Å². The van der Waals surface area contributed by atoms with E-state index in [9.17, 15) is 18.0 Å². The Hall–Kier alpha value is -2.56. The first-order chi connectivity index (χ1) is 11.3. The van der Waals surface area contributed by atoms with Crippen molar-refractivity contribution in [2.24, 2.45) is 0 Å². The maximum atomic E-state index is 13.2. The first-order valence-electron chi connectivity index (χ1n) is 7.61. The summed E-state index contributed by atoms with van der Waals surface area (Å²) in [5.74, 6) is -0.612. The van der Waals surface area contributed by atoms with Gasteiger partial charge in [0.2, 0.25) is 0 Å². The van der Waals surface area contributed by atoms with E-state index in [0.29, 0.717) is 5.39 Å². The number of hydrogen-bond donors (Lipinski definition) is 0. The molecule has 0 atom stereocenters. The van der Waals surface area contributed by atoms with E-state index in [1.165, 1.54) is 18.2 Å². The summed E-state index contributed by atoms with van der Waals surface area (Å²) < 4.78 is 41.5. The van der Waals surface area contributed by atoms with Crippen molar-refractivity contribution in [1.29, 1.82) is 0 Å². The number of benzene rings is 2. The van der Waals surface area contributed by atoms with Gasteiger partial charge in [0, 0.05) is 34.3 Å². The Morgan fingerprint density at radius 2 is 1.58 bits per heavy atom.